The molecule has 0 aliphatic rings. The number of rotatable bonds is 5. The SMILES string of the molecule is CCN(CC)C(=O)C(C)Oc1cccc(O)c1C. The van der Waals surface area contributed by atoms with E-state index in [1.807, 2.05) is 13.8 Å². The summed E-state index contributed by atoms with van der Waals surface area (Å²) in [4.78, 5) is 13.8. The molecular formula is C14H21NO3. The molecule has 1 aromatic carbocycles. The van der Waals surface area contributed by atoms with Crippen molar-refractivity contribution in [2.75, 3.05) is 13.1 Å². The molecule has 100 valence electrons. The van der Waals surface area contributed by atoms with E-state index in [1.54, 1.807) is 36.9 Å². The first-order valence-corrected chi connectivity index (χ1v) is 6.25. The lowest BCUT2D eigenvalue weighted by Gasteiger charge is -2.24. The van der Waals surface area contributed by atoms with Crippen LogP contribution in [0.3, 0.4) is 0 Å². The minimum Gasteiger partial charge on any atom is -0.508 e. The fraction of sp³-hybridized carbons (Fsp3) is 0.500. The molecule has 1 atom stereocenters. The molecule has 4 heteroatoms. The Morgan fingerprint density at radius 2 is 2.00 bits per heavy atom. The predicted octanol–water partition coefficient (Wildman–Crippen LogP) is 2.34. The van der Waals surface area contributed by atoms with Gasteiger partial charge in [0.05, 0.1) is 0 Å². The summed E-state index contributed by atoms with van der Waals surface area (Å²) in [5, 5.41) is 9.58. The summed E-state index contributed by atoms with van der Waals surface area (Å²) in [6, 6.07) is 5.05. The number of aromatic hydroxyl groups is 1. The zero-order chi connectivity index (χ0) is 13.7. The molecule has 0 heterocycles. The van der Waals surface area contributed by atoms with E-state index in [0.717, 1.165) is 0 Å². The predicted molar refractivity (Wildman–Crippen MR) is 70.9 cm³/mol. The molecule has 1 amide bonds. The van der Waals surface area contributed by atoms with Crippen molar-refractivity contribution in [3.05, 3.63) is 23.8 Å². The second-order valence-corrected chi connectivity index (χ2v) is 4.17. The molecule has 0 saturated heterocycles. The van der Waals surface area contributed by atoms with Gasteiger partial charge >= 0.3 is 0 Å². The van der Waals surface area contributed by atoms with Crippen LogP contribution < -0.4 is 4.74 Å². The molecule has 4 nitrogen and oxygen atoms in total. The highest BCUT2D eigenvalue weighted by atomic mass is 16.5. The standard InChI is InChI=1S/C14H21NO3/c1-5-15(6-2)14(17)11(4)18-13-9-7-8-12(16)10(13)3/h7-9,11,16H,5-6H2,1-4H3. The zero-order valence-electron chi connectivity index (χ0n) is 11.4. The molecule has 0 bridgehead atoms. The van der Waals surface area contributed by atoms with Crippen LogP contribution in [-0.4, -0.2) is 35.1 Å². The first-order valence-electron chi connectivity index (χ1n) is 6.25. The quantitative estimate of drug-likeness (QED) is 0.873. The molecule has 0 aliphatic carbocycles. The molecule has 0 aliphatic heterocycles. The first-order chi connectivity index (χ1) is 8.51. The van der Waals surface area contributed by atoms with Gasteiger partial charge in [0.25, 0.3) is 5.91 Å². The third kappa shape index (κ3) is 3.15. The van der Waals surface area contributed by atoms with Crippen LogP contribution in [0.1, 0.15) is 26.3 Å². The van der Waals surface area contributed by atoms with Crippen LogP contribution in [0.15, 0.2) is 18.2 Å². The lowest BCUT2D eigenvalue weighted by Crippen LogP contribution is -2.40. The number of benzene rings is 1. The maximum atomic E-state index is 12.0. The van der Waals surface area contributed by atoms with E-state index in [2.05, 4.69) is 0 Å². The van der Waals surface area contributed by atoms with E-state index >= 15 is 0 Å². The third-order valence-corrected chi connectivity index (χ3v) is 2.98. The largest absolute Gasteiger partial charge is 0.508 e. The monoisotopic (exact) mass is 251 g/mol. The number of phenols is 1. The smallest absolute Gasteiger partial charge is 0.263 e. The Morgan fingerprint density at radius 1 is 1.39 bits per heavy atom. The Hall–Kier alpha value is -1.71. The minimum atomic E-state index is -0.551. The summed E-state index contributed by atoms with van der Waals surface area (Å²) in [5.74, 6) is 0.681. The van der Waals surface area contributed by atoms with Gasteiger partial charge in [-0.15, -0.1) is 0 Å². The number of phenolic OH excluding ortho intramolecular Hbond substituents is 1. The first kappa shape index (κ1) is 14.4. The highest BCUT2D eigenvalue weighted by Crippen LogP contribution is 2.26. The van der Waals surface area contributed by atoms with Crippen LogP contribution in [0.4, 0.5) is 0 Å². The van der Waals surface area contributed by atoms with E-state index in [0.29, 0.717) is 24.4 Å². The second-order valence-electron chi connectivity index (χ2n) is 4.17. The molecule has 1 unspecified atom stereocenters. The van der Waals surface area contributed by atoms with Crippen molar-refractivity contribution in [1.29, 1.82) is 0 Å². The van der Waals surface area contributed by atoms with Gasteiger partial charge in [-0.3, -0.25) is 4.79 Å². The van der Waals surface area contributed by atoms with Gasteiger partial charge in [0.15, 0.2) is 6.10 Å². The number of likely N-dealkylation sites (N-methyl/N-ethyl adjacent to an activating group) is 1. The average molecular weight is 251 g/mol. The lowest BCUT2D eigenvalue weighted by atomic mass is 10.2. The highest BCUT2D eigenvalue weighted by molar-refractivity contribution is 5.80. The van der Waals surface area contributed by atoms with Gasteiger partial charge in [-0.1, -0.05) is 6.07 Å². The van der Waals surface area contributed by atoms with Gasteiger partial charge in [0.2, 0.25) is 0 Å². The van der Waals surface area contributed by atoms with Crippen molar-refractivity contribution < 1.29 is 14.6 Å². The molecular weight excluding hydrogens is 230 g/mol. The van der Waals surface area contributed by atoms with Gasteiger partial charge in [-0.05, 0) is 39.8 Å². The molecule has 0 spiro atoms. The lowest BCUT2D eigenvalue weighted by molar-refractivity contribution is -0.137. The van der Waals surface area contributed by atoms with E-state index in [9.17, 15) is 9.90 Å². The van der Waals surface area contributed by atoms with Crippen LogP contribution in [0.5, 0.6) is 11.5 Å². The van der Waals surface area contributed by atoms with E-state index in [1.165, 1.54) is 0 Å². The molecule has 1 aromatic rings. The Kier molecular flexibility index (Phi) is 5.01. The Balaban J connectivity index is 2.78. The zero-order valence-corrected chi connectivity index (χ0v) is 11.4. The Morgan fingerprint density at radius 3 is 2.56 bits per heavy atom. The summed E-state index contributed by atoms with van der Waals surface area (Å²) in [6.07, 6.45) is -0.551. The van der Waals surface area contributed by atoms with Crippen molar-refractivity contribution in [2.24, 2.45) is 0 Å². The fourth-order valence-corrected chi connectivity index (χ4v) is 1.76. The number of amides is 1. The topological polar surface area (TPSA) is 49.8 Å². The van der Waals surface area contributed by atoms with E-state index in [-0.39, 0.29) is 11.7 Å². The molecule has 0 radical (unpaired) electrons. The number of ether oxygens (including phenoxy) is 1. The highest BCUT2D eigenvalue weighted by Gasteiger charge is 2.20. The molecule has 0 saturated carbocycles. The summed E-state index contributed by atoms with van der Waals surface area (Å²) in [7, 11) is 0. The molecule has 1 rings (SSSR count). The van der Waals surface area contributed by atoms with E-state index < -0.39 is 6.10 Å². The van der Waals surface area contributed by atoms with Crippen molar-refractivity contribution in [2.45, 2.75) is 33.8 Å². The van der Waals surface area contributed by atoms with Crippen LogP contribution >= 0.6 is 0 Å². The number of hydrogen-bond acceptors (Lipinski definition) is 3. The van der Waals surface area contributed by atoms with Crippen LogP contribution in [0.25, 0.3) is 0 Å². The number of carbonyl (C=O) groups is 1. The van der Waals surface area contributed by atoms with Crippen LogP contribution in [-0.2, 0) is 4.79 Å². The maximum Gasteiger partial charge on any atom is 0.263 e. The average Bonchev–Trinajstić information content (AvgIpc) is 2.36. The number of carbonyl (C=O) groups excluding carboxylic acids is 1. The molecule has 0 fully saturated rings. The van der Waals surface area contributed by atoms with Crippen molar-refractivity contribution in [3.8, 4) is 11.5 Å². The Bertz CT molecular complexity index is 414. The van der Waals surface area contributed by atoms with Crippen molar-refractivity contribution in [1.82, 2.24) is 4.90 Å². The van der Waals surface area contributed by atoms with Gasteiger partial charge in [-0.2, -0.15) is 0 Å². The minimum absolute atomic E-state index is 0.0391. The second kappa shape index (κ2) is 6.28. The third-order valence-electron chi connectivity index (χ3n) is 2.98. The summed E-state index contributed by atoms with van der Waals surface area (Å²) in [6.45, 7) is 8.70. The molecule has 1 N–H and O–H groups in total. The number of nitrogens with zero attached hydrogens (tertiary/aromatic N) is 1. The summed E-state index contributed by atoms with van der Waals surface area (Å²) in [5.41, 5.74) is 0.650. The molecule has 18 heavy (non-hydrogen) atoms. The van der Waals surface area contributed by atoms with Gasteiger partial charge < -0.3 is 14.7 Å². The number of hydrogen-bond donors (Lipinski definition) is 1. The van der Waals surface area contributed by atoms with Crippen molar-refractivity contribution >= 4 is 5.91 Å². The fourth-order valence-electron chi connectivity index (χ4n) is 1.76. The maximum absolute atomic E-state index is 12.0. The summed E-state index contributed by atoms with van der Waals surface area (Å²) >= 11 is 0. The van der Waals surface area contributed by atoms with Crippen molar-refractivity contribution in [3.63, 3.8) is 0 Å². The van der Waals surface area contributed by atoms with Crippen LogP contribution in [0, 0.1) is 6.92 Å². The molecule has 0 aromatic heterocycles. The van der Waals surface area contributed by atoms with E-state index in [4.69, 9.17) is 4.74 Å². The Labute approximate surface area is 108 Å². The van der Waals surface area contributed by atoms with Gasteiger partial charge in [0, 0.05) is 18.7 Å². The van der Waals surface area contributed by atoms with Gasteiger partial charge in [0.1, 0.15) is 11.5 Å². The van der Waals surface area contributed by atoms with Gasteiger partial charge in [-0.25, -0.2) is 0 Å². The summed E-state index contributed by atoms with van der Waals surface area (Å²) < 4.78 is 5.62. The van der Waals surface area contributed by atoms with Crippen LogP contribution in [0.2, 0.25) is 0 Å². The normalized spacial score (nSPS) is 12.0.